The average Bonchev–Trinajstić information content (AvgIpc) is 3.25. The Labute approximate surface area is 196 Å². The van der Waals surface area contributed by atoms with Crippen LogP contribution in [0.5, 0.6) is 0 Å². The highest BCUT2D eigenvalue weighted by Crippen LogP contribution is 2.31. The minimum atomic E-state index is 0.300. The lowest BCUT2D eigenvalue weighted by Gasteiger charge is -2.39. The fourth-order valence-electron chi connectivity index (χ4n) is 4.96. The van der Waals surface area contributed by atoms with Crippen molar-refractivity contribution in [1.82, 2.24) is 19.7 Å². The van der Waals surface area contributed by atoms with Gasteiger partial charge in [-0.3, -0.25) is 4.90 Å². The van der Waals surface area contributed by atoms with Gasteiger partial charge in [-0.1, -0.05) is 18.2 Å². The van der Waals surface area contributed by atoms with Crippen LogP contribution in [-0.2, 0) is 6.54 Å². The lowest BCUT2D eigenvalue weighted by atomic mass is 9.98. The first-order valence-electron chi connectivity index (χ1n) is 12.1. The van der Waals surface area contributed by atoms with Gasteiger partial charge in [0.25, 0.3) is 0 Å². The van der Waals surface area contributed by atoms with Gasteiger partial charge in [0.15, 0.2) is 5.82 Å². The summed E-state index contributed by atoms with van der Waals surface area (Å²) in [5, 5.41) is 14.2. The van der Waals surface area contributed by atoms with Gasteiger partial charge in [0.1, 0.15) is 0 Å². The van der Waals surface area contributed by atoms with Crippen LogP contribution in [0, 0.1) is 12.8 Å². The summed E-state index contributed by atoms with van der Waals surface area (Å²) < 4.78 is 1.99. The molecule has 3 aromatic rings. The molecule has 33 heavy (non-hydrogen) atoms. The number of hydrogen-bond acceptors (Lipinski definition) is 6. The zero-order chi connectivity index (χ0) is 22.6. The van der Waals surface area contributed by atoms with Gasteiger partial charge in [-0.15, -0.1) is 0 Å². The Morgan fingerprint density at radius 2 is 1.67 bits per heavy atom. The molecule has 4 heterocycles. The van der Waals surface area contributed by atoms with Crippen LogP contribution in [0.25, 0.3) is 5.69 Å². The van der Waals surface area contributed by atoms with Gasteiger partial charge >= 0.3 is 0 Å². The van der Waals surface area contributed by atoms with Crippen molar-refractivity contribution in [3.63, 3.8) is 0 Å². The lowest BCUT2D eigenvalue weighted by molar-refractivity contribution is 0.202. The minimum absolute atomic E-state index is 0.300. The van der Waals surface area contributed by atoms with Crippen molar-refractivity contribution in [2.24, 2.45) is 5.92 Å². The first kappa shape index (κ1) is 21.9. The third-order valence-electron chi connectivity index (χ3n) is 7.07. The number of benzene rings is 1. The number of hydrogen-bond donors (Lipinski definition) is 1. The Morgan fingerprint density at radius 3 is 2.39 bits per heavy atom. The first-order chi connectivity index (χ1) is 16.2. The number of piperidine rings is 1. The van der Waals surface area contributed by atoms with Crippen LogP contribution >= 0.6 is 0 Å². The largest absolute Gasteiger partial charge is 0.396 e. The van der Waals surface area contributed by atoms with Crippen molar-refractivity contribution in [2.45, 2.75) is 26.3 Å². The van der Waals surface area contributed by atoms with Crippen molar-refractivity contribution in [3.8, 4) is 5.69 Å². The summed E-state index contributed by atoms with van der Waals surface area (Å²) in [6.07, 6.45) is 6.15. The van der Waals surface area contributed by atoms with Crippen LogP contribution in [-0.4, -0.2) is 70.6 Å². The molecular formula is C26H34N6O. The maximum Gasteiger partial charge on any atom is 0.152 e. The van der Waals surface area contributed by atoms with Crippen molar-refractivity contribution < 1.29 is 5.11 Å². The highest BCUT2D eigenvalue weighted by molar-refractivity contribution is 5.67. The second kappa shape index (κ2) is 9.93. The van der Waals surface area contributed by atoms with E-state index in [0.717, 1.165) is 75.9 Å². The molecule has 2 fully saturated rings. The lowest BCUT2D eigenvalue weighted by Crippen LogP contribution is -2.46. The van der Waals surface area contributed by atoms with Crippen LogP contribution in [0.3, 0.4) is 0 Å². The zero-order valence-corrected chi connectivity index (χ0v) is 19.5. The molecule has 0 atom stereocenters. The Kier molecular flexibility index (Phi) is 6.60. The number of aryl methyl sites for hydroxylation is 1. The highest BCUT2D eigenvalue weighted by Gasteiger charge is 2.25. The van der Waals surface area contributed by atoms with E-state index in [1.807, 2.05) is 35.1 Å². The Hall–Kier alpha value is -2.90. The molecular weight excluding hydrogens is 412 g/mol. The maximum absolute atomic E-state index is 9.46. The molecule has 0 radical (unpaired) electrons. The molecule has 0 bridgehead atoms. The summed E-state index contributed by atoms with van der Waals surface area (Å²) >= 11 is 0. The molecule has 2 aliphatic rings. The van der Waals surface area contributed by atoms with Gasteiger partial charge in [0.05, 0.1) is 17.1 Å². The van der Waals surface area contributed by atoms with E-state index >= 15 is 0 Å². The summed E-state index contributed by atoms with van der Waals surface area (Å²) in [5.74, 6) is 1.54. The van der Waals surface area contributed by atoms with Gasteiger partial charge in [-0.25, -0.2) is 9.67 Å². The number of aliphatic hydroxyl groups is 1. The van der Waals surface area contributed by atoms with E-state index in [1.165, 1.54) is 11.3 Å². The Morgan fingerprint density at radius 1 is 0.909 bits per heavy atom. The molecule has 0 unspecified atom stereocenters. The van der Waals surface area contributed by atoms with Gasteiger partial charge in [0.2, 0.25) is 0 Å². The molecule has 0 saturated carbocycles. The topological polar surface area (TPSA) is 60.7 Å². The number of para-hydroxylation sites is 1. The fraction of sp³-hybridized carbons (Fsp3) is 0.462. The van der Waals surface area contributed by atoms with Gasteiger partial charge in [-0.2, -0.15) is 5.10 Å². The SMILES string of the molecule is Cc1nn(-c2ccccc2)cc1CN1CCN(c2cccnc2N2CCC(CO)CC2)CC1. The van der Waals surface area contributed by atoms with Crippen molar-refractivity contribution >= 4 is 11.5 Å². The monoisotopic (exact) mass is 446 g/mol. The predicted octanol–water partition coefficient (Wildman–Crippen LogP) is 3.11. The number of pyridine rings is 1. The zero-order valence-electron chi connectivity index (χ0n) is 19.5. The quantitative estimate of drug-likeness (QED) is 0.628. The third-order valence-corrected chi connectivity index (χ3v) is 7.07. The number of anilines is 2. The molecule has 2 saturated heterocycles. The maximum atomic E-state index is 9.46. The molecule has 0 aliphatic carbocycles. The predicted molar refractivity (Wildman–Crippen MR) is 132 cm³/mol. The molecule has 174 valence electrons. The van der Waals surface area contributed by atoms with Gasteiger partial charge in [-0.05, 0) is 49.9 Å². The normalized spacial score (nSPS) is 18.1. The summed E-state index contributed by atoms with van der Waals surface area (Å²) in [6.45, 7) is 9.32. The van der Waals surface area contributed by atoms with E-state index in [2.05, 4.69) is 46.0 Å². The number of nitrogens with zero attached hydrogens (tertiary/aromatic N) is 6. The van der Waals surface area contributed by atoms with Crippen molar-refractivity contribution in [1.29, 1.82) is 0 Å². The number of rotatable bonds is 6. The molecule has 1 aromatic carbocycles. The minimum Gasteiger partial charge on any atom is -0.396 e. The van der Waals surface area contributed by atoms with E-state index in [0.29, 0.717) is 12.5 Å². The van der Waals surface area contributed by atoms with E-state index in [1.54, 1.807) is 0 Å². The molecule has 0 amide bonds. The molecule has 1 N–H and O–H groups in total. The number of aromatic nitrogens is 3. The summed E-state index contributed by atoms with van der Waals surface area (Å²) in [7, 11) is 0. The number of piperazine rings is 1. The summed E-state index contributed by atoms with van der Waals surface area (Å²) in [5.41, 5.74) is 4.74. The van der Waals surface area contributed by atoms with Crippen LogP contribution in [0.15, 0.2) is 54.9 Å². The van der Waals surface area contributed by atoms with Crippen LogP contribution in [0.4, 0.5) is 11.5 Å². The van der Waals surface area contributed by atoms with E-state index in [-0.39, 0.29) is 0 Å². The highest BCUT2D eigenvalue weighted by atomic mass is 16.3. The molecule has 7 heteroatoms. The number of aliphatic hydroxyl groups excluding tert-OH is 1. The van der Waals surface area contributed by atoms with Gasteiger partial charge in [0, 0.05) is 70.4 Å². The van der Waals surface area contributed by atoms with E-state index in [4.69, 9.17) is 10.1 Å². The van der Waals surface area contributed by atoms with E-state index in [9.17, 15) is 5.11 Å². The molecule has 0 spiro atoms. The van der Waals surface area contributed by atoms with E-state index < -0.39 is 0 Å². The molecule has 5 rings (SSSR count). The molecule has 2 aromatic heterocycles. The summed E-state index contributed by atoms with van der Waals surface area (Å²) in [6, 6.07) is 14.6. The standard InChI is InChI=1S/C26H34N6O/c1-21-23(19-32(28-21)24-6-3-2-4-7-24)18-29-14-16-30(17-15-29)25-8-5-11-27-26(25)31-12-9-22(20-33)10-13-31/h2-8,11,19,22,33H,9-10,12-18,20H2,1H3. The first-order valence-corrected chi connectivity index (χ1v) is 12.1. The molecule has 2 aliphatic heterocycles. The third kappa shape index (κ3) is 4.89. The van der Waals surface area contributed by atoms with Crippen LogP contribution < -0.4 is 9.80 Å². The molecule has 7 nitrogen and oxygen atoms in total. The van der Waals surface area contributed by atoms with Crippen molar-refractivity contribution in [3.05, 3.63) is 66.1 Å². The summed E-state index contributed by atoms with van der Waals surface area (Å²) in [4.78, 5) is 12.2. The van der Waals surface area contributed by atoms with Crippen LogP contribution in [0.1, 0.15) is 24.1 Å². The van der Waals surface area contributed by atoms with Gasteiger partial charge < -0.3 is 14.9 Å². The second-order valence-electron chi connectivity index (χ2n) is 9.24. The average molecular weight is 447 g/mol. The Bertz CT molecular complexity index is 1040. The fourth-order valence-corrected chi connectivity index (χ4v) is 4.96. The second-order valence-corrected chi connectivity index (χ2v) is 9.24. The smallest absolute Gasteiger partial charge is 0.152 e. The Balaban J connectivity index is 1.22. The van der Waals surface area contributed by atoms with Crippen LogP contribution in [0.2, 0.25) is 0 Å². The van der Waals surface area contributed by atoms with Crippen molar-refractivity contribution in [2.75, 3.05) is 55.7 Å².